The van der Waals surface area contributed by atoms with E-state index < -0.39 is 0 Å². The average molecular weight is 226 g/mol. The molecule has 2 N–H and O–H groups in total. The molecule has 0 radical (unpaired) electrons. The summed E-state index contributed by atoms with van der Waals surface area (Å²) in [5.74, 6) is 0. The van der Waals surface area contributed by atoms with E-state index in [9.17, 15) is 0 Å². The van der Waals surface area contributed by atoms with Gasteiger partial charge in [-0.3, -0.25) is 0 Å². The Morgan fingerprint density at radius 1 is 1.00 bits per heavy atom. The smallest absolute Gasteiger partial charge is 0.175 e. The molecule has 0 aromatic heterocycles. The molecular weight excluding hydrogens is 202 g/mol. The van der Waals surface area contributed by atoms with Crippen LogP contribution in [-0.4, -0.2) is 25.0 Å². The molecule has 88 valence electrons. The van der Waals surface area contributed by atoms with E-state index >= 15 is 0 Å². The van der Waals surface area contributed by atoms with E-state index in [-0.39, 0.29) is 24.2 Å². The lowest BCUT2D eigenvalue weighted by Gasteiger charge is -2.34. The fraction of sp³-hybridized carbons (Fsp3) is 1.00. The van der Waals surface area contributed by atoms with Gasteiger partial charge in [-0.05, 0) is 26.7 Å². The van der Waals surface area contributed by atoms with Gasteiger partial charge in [-0.25, -0.2) is 0 Å². The number of hydrogen-bond donors (Lipinski definition) is 1. The molecule has 3 nitrogen and oxygen atoms in total. The van der Waals surface area contributed by atoms with E-state index in [1.54, 1.807) is 0 Å². The lowest BCUT2D eigenvalue weighted by atomic mass is 9.93. The van der Waals surface area contributed by atoms with Crippen molar-refractivity contribution >= 4 is 12.4 Å². The third kappa shape index (κ3) is 4.60. The van der Waals surface area contributed by atoms with Gasteiger partial charge in [0.15, 0.2) is 6.29 Å². The Morgan fingerprint density at radius 3 is 1.57 bits per heavy atom. The minimum atomic E-state index is -0.341. The zero-order chi connectivity index (χ0) is 10.3. The lowest BCUT2D eigenvalue weighted by molar-refractivity contribution is -0.176. The van der Waals surface area contributed by atoms with Crippen molar-refractivity contribution in [3.05, 3.63) is 0 Å². The average Bonchev–Trinajstić information content (AvgIpc) is 2.16. The van der Waals surface area contributed by atoms with Crippen LogP contribution >= 0.6 is 12.4 Å². The van der Waals surface area contributed by atoms with Gasteiger partial charge in [-0.2, -0.15) is 0 Å². The van der Waals surface area contributed by atoms with E-state index in [1.165, 1.54) is 0 Å². The van der Waals surface area contributed by atoms with E-state index in [4.69, 9.17) is 15.2 Å². The first-order valence-corrected chi connectivity index (χ1v) is 5.16. The molecule has 0 unspecified atom stereocenters. The maximum Gasteiger partial charge on any atom is 0.175 e. The topological polar surface area (TPSA) is 44.5 Å². The maximum absolute atomic E-state index is 6.16. The Bertz CT molecular complexity index is 123. The quantitative estimate of drug-likeness (QED) is 0.677. The number of rotatable bonds is 7. The Morgan fingerprint density at radius 2 is 1.36 bits per heavy atom. The van der Waals surface area contributed by atoms with Gasteiger partial charge in [0.05, 0.1) is 5.54 Å². The summed E-state index contributed by atoms with van der Waals surface area (Å²) in [7, 11) is 0. The van der Waals surface area contributed by atoms with Crippen LogP contribution in [0.1, 0.15) is 40.5 Å². The van der Waals surface area contributed by atoms with Crippen molar-refractivity contribution in [1.82, 2.24) is 0 Å². The minimum absolute atomic E-state index is 0. The Labute approximate surface area is 93.7 Å². The highest BCUT2D eigenvalue weighted by atomic mass is 35.5. The predicted molar refractivity (Wildman–Crippen MR) is 61.8 cm³/mol. The molecule has 0 saturated heterocycles. The summed E-state index contributed by atoms with van der Waals surface area (Å²) in [5, 5.41) is 0. The second-order valence-corrected chi connectivity index (χ2v) is 3.18. The number of hydrogen-bond acceptors (Lipinski definition) is 3. The van der Waals surface area contributed by atoms with Gasteiger partial charge in [0.1, 0.15) is 0 Å². The van der Waals surface area contributed by atoms with Gasteiger partial charge < -0.3 is 15.2 Å². The Hall–Kier alpha value is 0.170. The van der Waals surface area contributed by atoms with Gasteiger partial charge in [-0.1, -0.05) is 13.8 Å². The first-order valence-electron chi connectivity index (χ1n) is 5.16. The van der Waals surface area contributed by atoms with E-state index in [2.05, 4.69) is 13.8 Å². The Kier molecular flexibility index (Phi) is 10.0. The van der Waals surface area contributed by atoms with Crippen LogP contribution in [0.2, 0.25) is 0 Å². The molecule has 0 amide bonds. The monoisotopic (exact) mass is 225 g/mol. The highest BCUT2D eigenvalue weighted by molar-refractivity contribution is 5.85. The summed E-state index contributed by atoms with van der Waals surface area (Å²) in [4.78, 5) is 0. The molecule has 0 atom stereocenters. The van der Waals surface area contributed by atoms with Crippen molar-refractivity contribution in [2.45, 2.75) is 52.4 Å². The second kappa shape index (κ2) is 8.48. The molecule has 4 heteroatoms. The van der Waals surface area contributed by atoms with Crippen LogP contribution in [-0.2, 0) is 9.47 Å². The van der Waals surface area contributed by atoms with E-state index in [1.807, 2.05) is 13.8 Å². The summed E-state index contributed by atoms with van der Waals surface area (Å²) < 4.78 is 11.0. The van der Waals surface area contributed by atoms with Gasteiger partial charge in [0.2, 0.25) is 0 Å². The zero-order valence-corrected chi connectivity index (χ0v) is 10.5. The molecule has 0 aromatic rings. The molecule has 0 bridgehead atoms. The van der Waals surface area contributed by atoms with Crippen molar-refractivity contribution in [3.8, 4) is 0 Å². The van der Waals surface area contributed by atoms with Crippen molar-refractivity contribution in [2.24, 2.45) is 5.73 Å². The van der Waals surface area contributed by atoms with E-state index in [0.29, 0.717) is 13.2 Å². The fourth-order valence-electron chi connectivity index (χ4n) is 1.27. The first-order chi connectivity index (χ1) is 6.14. The van der Waals surface area contributed by atoms with Gasteiger partial charge in [0.25, 0.3) is 0 Å². The van der Waals surface area contributed by atoms with Crippen LogP contribution < -0.4 is 5.73 Å². The second-order valence-electron chi connectivity index (χ2n) is 3.18. The molecular formula is C10H24ClNO2. The van der Waals surface area contributed by atoms with Crippen molar-refractivity contribution < 1.29 is 9.47 Å². The third-order valence-electron chi connectivity index (χ3n) is 2.42. The predicted octanol–water partition coefficient (Wildman–Crippen LogP) is 2.32. The Balaban J connectivity index is 0. The van der Waals surface area contributed by atoms with Gasteiger partial charge in [-0.15, -0.1) is 12.4 Å². The van der Waals surface area contributed by atoms with Crippen LogP contribution in [0.25, 0.3) is 0 Å². The van der Waals surface area contributed by atoms with Crippen LogP contribution in [0.4, 0.5) is 0 Å². The van der Waals surface area contributed by atoms with Crippen molar-refractivity contribution in [1.29, 1.82) is 0 Å². The maximum atomic E-state index is 6.16. The van der Waals surface area contributed by atoms with Crippen LogP contribution in [0.3, 0.4) is 0 Å². The SMILES string of the molecule is CCOC(OCC)C(N)(CC)CC.Cl. The molecule has 0 aliphatic rings. The zero-order valence-electron chi connectivity index (χ0n) is 9.71. The van der Waals surface area contributed by atoms with Crippen LogP contribution in [0.15, 0.2) is 0 Å². The lowest BCUT2D eigenvalue weighted by Crippen LogP contribution is -2.52. The highest BCUT2D eigenvalue weighted by Crippen LogP contribution is 2.20. The fourth-order valence-corrected chi connectivity index (χ4v) is 1.27. The molecule has 0 aliphatic carbocycles. The molecule has 0 aliphatic heterocycles. The highest BCUT2D eigenvalue weighted by Gasteiger charge is 2.32. The number of nitrogens with two attached hydrogens (primary N) is 1. The standard InChI is InChI=1S/C10H23NO2.ClH/c1-5-10(11,6-2)9(12-7-3)13-8-4;/h9H,5-8,11H2,1-4H3;1H. The number of ether oxygens (including phenoxy) is 2. The summed E-state index contributed by atoms with van der Waals surface area (Å²) >= 11 is 0. The largest absolute Gasteiger partial charge is 0.351 e. The molecule has 0 aromatic carbocycles. The third-order valence-corrected chi connectivity index (χ3v) is 2.42. The normalized spacial score (nSPS) is 11.6. The van der Waals surface area contributed by atoms with Gasteiger partial charge in [0, 0.05) is 13.2 Å². The van der Waals surface area contributed by atoms with Crippen molar-refractivity contribution in [2.75, 3.05) is 13.2 Å². The molecule has 0 saturated carbocycles. The van der Waals surface area contributed by atoms with Gasteiger partial charge >= 0.3 is 0 Å². The summed E-state index contributed by atoms with van der Waals surface area (Å²) in [6.07, 6.45) is 1.47. The molecule has 0 heterocycles. The molecule has 0 rings (SSSR count). The number of halogens is 1. The summed E-state index contributed by atoms with van der Waals surface area (Å²) in [6, 6.07) is 0. The van der Waals surface area contributed by atoms with Crippen LogP contribution in [0, 0.1) is 0 Å². The molecule has 0 fully saturated rings. The van der Waals surface area contributed by atoms with E-state index in [0.717, 1.165) is 12.8 Å². The first kappa shape index (κ1) is 16.6. The molecule has 0 spiro atoms. The summed E-state index contributed by atoms with van der Waals surface area (Å²) in [5.41, 5.74) is 5.82. The van der Waals surface area contributed by atoms with Crippen molar-refractivity contribution in [3.63, 3.8) is 0 Å². The summed E-state index contributed by atoms with van der Waals surface area (Å²) in [6.45, 7) is 9.33. The molecule has 14 heavy (non-hydrogen) atoms. The van der Waals surface area contributed by atoms with Crippen LogP contribution in [0.5, 0.6) is 0 Å². The minimum Gasteiger partial charge on any atom is -0.351 e.